The molecule has 1 atom stereocenters. The average Bonchev–Trinajstić information content (AvgIpc) is 2.75. The first kappa shape index (κ1) is 13.7. The normalized spacial score (nSPS) is 22.2. The van der Waals surface area contributed by atoms with E-state index in [2.05, 4.69) is 15.6 Å². The van der Waals surface area contributed by atoms with Gasteiger partial charge >= 0.3 is 0 Å². The molecule has 2 heterocycles. The van der Waals surface area contributed by atoms with Crippen LogP contribution in [-0.2, 0) is 0 Å². The second kappa shape index (κ2) is 5.10. The van der Waals surface area contributed by atoms with Gasteiger partial charge < -0.3 is 10.6 Å². The SMILES string of the molecule is CC1(NC(=O)c2cc([N+](=O)[O-])cnc2Cl)CCNC1. The van der Waals surface area contributed by atoms with Crippen molar-refractivity contribution in [3.05, 3.63) is 33.1 Å². The number of carbonyl (C=O) groups is 1. The van der Waals surface area contributed by atoms with Crippen molar-refractivity contribution in [3.8, 4) is 0 Å². The number of nitrogens with zero attached hydrogens (tertiary/aromatic N) is 2. The zero-order valence-corrected chi connectivity index (χ0v) is 11.0. The van der Waals surface area contributed by atoms with E-state index < -0.39 is 10.8 Å². The van der Waals surface area contributed by atoms with Gasteiger partial charge in [0, 0.05) is 12.6 Å². The largest absolute Gasteiger partial charge is 0.345 e. The molecule has 0 aliphatic carbocycles. The highest BCUT2D eigenvalue weighted by Crippen LogP contribution is 2.21. The third-order valence-electron chi connectivity index (χ3n) is 3.06. The monoisotopic (exact) mass is 284 g/mol. The van der Waals surface area contributed by atoms with E-state index >= 15 is 0 Å². The summed E-state index contributed by atoms with van der Waals surface area (Å²) in [6.07, 6.45) is 1.82. The molecule has 0 spiro atoms. The smallest absolute Gasteiger partial charge is 0.288 e. The van der Waals surface area contributed by atoms with Crippen LogP contribution in [0, 0.1) is 10.1 Å². The van der Waals surface area contributed by atoms with Crippen LogP contribution in [0.1, 0.15) is 23.7 Å². The van der Waals surface area contributed by atoms with Gasteiger partial charge in [0.2, 0.25) is 0 Å². The minimum Gasteiger partial charge on any atom is -0.345 e. The molecule has 1 aromatic rings. The van der Waals surface area contributed by atoms with Crippen LogP contribution < -0.4 is 10.6 Å². The fourth-order valence-electron chi connectivity index (χ4n) is 1.96. The maximum Gasteiger partial charge on any atom is 0.288 e. The fraction of sp³-hybridized carbons (Fsp3) is 0.455. The first-order chi connectivity index (χ1) is 8.91. The van der Waals surface area contributed by atoms with Crippen LogP contribution in [0.3, 0.4) is 0 Å². The highest BCUT2D eigenvalue weighted by atomic mass is 35.5. The van der Waals surface area contributed by atoms with E-state index in [9.17, 15) is 14.9 Å². The summed E-state index contributed by atoms with van der Waals surface area (Å²) in [4.78, 5) is 25.8. The van der Waals surface area contributed by atoms with Crippen molar-refractivity contribution in [1.82, 2.24) is 15.6 Å². The number of rotatable bonds is 3. The Bertz CT molecular complexity index is 529. The summed E-state index contributed by atoms with van der Waals surface area (Å²) in [7, 11) is 0. The predicted octanol–water partition coefficient (Wildman–Crippen LogP) is 1.12. The first-order valence-corrected chi connectivity index (χ1v) is 6.12. The van der Waals surface area contributed by atoms with Gasteiger partial charge in [-0.05, 0) is 19.9 Å². The molecule has 0 bridgehead atoms. The summed E-state index contributed by atoms with van der Waals surface area (Å²) in [5.74, 6) is -0.451. The Morgan fingerprint density at radius 3 is 3.00 bits per heavy atom. The van der Waals surface area contributed by atoms with E-state index in [1.807, 2.05) is 6.92 Å². The van der Waals surface area contributed by atoms with E-state index in [4.69, 9.17) is 11.6 Å². The molecule has 102 valence electrons. The van der Waals surface area contributed by atoms with Gasteiger partial charge in [-0.25, -0.2) is 4.98 Å². The molecule has 0 saturated carbocycles. The zero-order chi connectivity index (χ0) is 14.0. The Balaban J connectivity index is 2.23. The predicted molar refractivity (Wildman–Crippen MR) is 69.3 cm³/mol. The number of aromatic nitrogens is 1. The van der Waals surface area contributed by atoms with Gasteiger partial charge in [0.05, 0.1) is 16.0 Å². The van der Waals surface area contributed by atoms with Crippen LogP contribution in [-0.4, -0.2) is 34.4 Å². The molecule has 0 aromatic carbocycles. The van der Waals surface area contributed by atoms with Crippen LogP contribution in [0.5, 0.6) is 0 Å². The number of nitro groups is 1. The zero-order valence-electron chi connectivity index (χ0n) is 10.3. The number of pyridine rings is 1. The van der Waals surface area contributed by atoms with Gasteiger partial charge in [-0.3, -0.25) is 14.9 Å². The van der Waals surface area contributed by atoms with Crippen molar-refractivity contribution in [2.45, 2.75) is 18.9 Å². The number of nitrogens with one attached hydrogen (secondary N) is 2. The third-order valence-corrected chi connectivity index (χ3v) is 3.37. The van der Waals surface area contributed by atoms with Gasteiger partial charge in [-0.15, -0.1) is 0 Å². The average molecular weight is 285 g/mol. The molecular formula is C11H13ClN4O3. The number of hydrogen-bond donors (Lipinski definition) is 2. The Labute approximate surface area is 114 Å². The lowest BCUT2D eigenvalue weighted by atomic mass is 10.0. The summed E-state index contributed by atoms with van der Waals surface area (Å²) in [6.45, 7) is 3.38. The summed E-state index contributed by atoms with van der Waals surface area (Å²) >= 11 is 5.82. The molecule has 2 rings (SSSR count). The van der Waals surface area contributed by atoms with Gasteiger partial charge in [0.25, 0.3) is 11.6 Å². The maximum absolute atomic E-state index is 12.1. The standard InChI is InChI=1S/C11H13ClN4O3/c1-11(2-3-13-6-11)15-10(17)8-4-7(16(18)19)5-14-9(8)12/h4-5,13H,2-3,6H2,1H3,(H,15,17). The quantitative estimate of drug-likeness (QED) is 0.492. The van der Waals surface area contributed by atoms with Gasteiger partial charge in [-0.2, -0.15) is 0 Å². The highest BCUT2D eigenvalue weighted by Gasteiger charge is 2.31. The van der Waals surface area contributed by atoms with Gasteiger partial charge in [-0.1, -0.05) is 11.6 Å². The van der Waals surface area contributed by atoms with Crippen molar-refractivity contribution >= 4 is 23.2 Å². The Kier molecular flexibility index (Phi) is 3.68. The molecule has 2 N–H and O–H groups in total. The van der Waals surface area contributed by atoms with Gasteiger partial charge in [0.15, 0.2) is 0 Å². The summed E-state index contributed by atoms with van der Waals surface area (Å²) in [5.41, 5.74) is -0.612. The number of hydrogen-bond acceptors (Lipinski definition) is 5. The molecule has 0 radical (unpaired) electrons. The minimum absolute atomic E-state index is 0.0176. The highest BCUT2D eigenvalue weighted by molar-refractivity contribution is 6.32. The molecule has 8 heteroatoms. The lowest BCUT2D eigenvalue weighted by molar-refractivity contribution is -0.385. The van der Waals surface area contributed by atoms with Crippen molar-refractivity contribution in [3.63, 3.8) is 0 Å². The van der Waals surface area contributed by atoms with Crippen molar-refractivity contribution in [2.75, 3.05) is 13.1 Å². The molecule has 1 aliphatic heterocycles. The van der Waals surface area contributed by atoms with Gasteiger partial charge in [0.1, 0.15) is 11.3 Å². The van der Waals surface area contributed by atoms with Crippen LogP contribution in [0.25, 0.3) is 0 Å². The van der Waals surface area contributed by atoms with Crippen LogP contribution >= 0.6 is 11.6 Å². The van der Waals surface area contributed by atoms with Crippen LogP contribution in [0.4, 0.5) is 5.69 Å². The molecule has 7 nitrogen and oxygen atoms in total. The second-order valence-corrected chi connectivity index (χ2v) is 5.09. The lowest BCUT2D eigenvalue weighted by Crippen LogP contribution is -2.47. The molecule has 1 fully saturated rings. The molecule has 1 aliphatic rings. The van der Waals surface area contributed by atoms with Crippen molar-refractivity contribution < 1.29 is 9.72 Å². The summed E-state index contributed by atoms with van der Waals surface area (Å²) in [5, 5.41) is 16.6. The molecular weight excluding hydrogens is 272 g/mol. The van der Waals surface area contributed by atoms with Crippen molar-refractivity contribution in [2.24, 2.45) is 0 Å². The number of halogens is 1. The second-order valence-electron chi connectivity index (χ2n) is 4.73. The third kappa shape index (κ3) is 2.99. The molecule has 1 amide bonds. The molecule has 1 unspecified atom stereocenters. The first-order valence-electron chi connectivity index (χ1n) is 5.74. The Morgan fingerprint density at radius 2 is 2.42 bits per heavy atom. The maximum atomic E-state index is 12.1. The number of amides is 1. The topological polar surface area (TPSA) is 97.2 Å². The number of carbonyl (C=O) groups excluding carboxylic acids is 1. The van der Waals surface area contributed by atoms with E-state index in [1.165, 1.54) is 0 Å². The summed E-state index contributed by atoms with van der Waals surface area (Å²) in [6, 6.07) is 1.14. The lowest BCUT2D eigenvalue weighted by Gasteiger charge is -2.24. The van der Waals surface area contributed by atoms with Crippen LogP contribution in [0.15, 0.2) is 12.3 Å². The molecule has 19 heavy (non-hydrogen) atoms. The van der Waals surface area contributed by atoms with Crippen molar-refractivity contribution in [1.29, 1.82) is 0 Å². The van der Waals surface area contributed by atoms with E-state index in [0.29, 0.717) is 6.54 Å². The van der Waals surface area contributed by atoms with E-state index in [-0.39, 0.29) is 21.9 Å². The fourth-order valence-corrected chi connectivity index (χ4v) is 2.15. The Hall–Kier alpha value is -1.73. The molecule has 1 aromatic heterocycles. The Morgan fingerprint density at radius 1 is 1.68 bits per heavy atom. The minimum atomic E-state index is -0.612. The van der Waals surface area contributed by atoms with E-state index in [1.54, 1.807) is 0 Å². The summed E-state index contributed by atoms with van der Waals surface area (Å²) < 4.78 is 0. The van der Waals surface area contributed by atoms with E-state index in [0.717, 1.165) is 25.2 Å². The van der Waals surface area contributed by atoms with Crippen LogP contribution in [0.2, 0.25) is 5.15 Å². The molecule has 1 saturated heterocycles.